The molecular weight excluding hydrogens is 282 g/mol. The second kappa shape index (κ2) is 6.25. The number of hydrogen-bond donors (Lipinski definition) is 1. The fourth-order valence-corrected chi connectivity index (χ4v) is 3.88. The molecule has 20 heavy (non-hydrogen) atoms. The predicted octanol–water partition coefficient (Wildman–Crippen LogP) is 1.13. The molecule has 0 saturated heterocycles. The maximum absolute atomic E-state index is 12.2. The van der Waals surface area contributed by atoms with E-state index in [1.807, 2.05) is 0 Å². The molecule has 0 radical (unpaired) electrons. The average Bonchev–Trinajstić information content (AvgIpc) is 2.86. The predicted molar refractivity (Wildman–Crippen MR) is 73.7 cm³/mol. The Morgan fingerprint density at radius 3 is 2.80 bits per heavy atom. The summed E-state index contributed by atoms with van der Waals surface area (Å²) < 4.78 is 32.8. The lowest BCUT2D eigenvalue weighted by molar-refractivity contribution is -0.141. The highest BCUT2D eigenvalue weighted by Crippen LogP contribution is 2.25. The van der Waals surface area contributed by atoms with Crippen LogP contribution in [0.25, 0.3) is 0 Å². The second-order valence-electron chi connectivity index (χ2n) is 4.91. The van der Waals surface area contributed by atoms with Crippen LogP contribution in [0, 0.1) is 0 Å². The molecule has 0 atom stereocenters. The number of esters is 1. The number of sulfonamides is 1. The molecular formula is C12H19N3O4S. The van der Waals surface area contributed by atoms with Gasteiger partial charge in [-0.1, -0.05) is 19.3 Å². The quantitative estimate of drug-likeness (QED) is 0.823. The van der Waals surface area contributed by atoms with Crippen molar-refractivity contribution in [3.8, 4) is 0 Å². The number of ether oxygens (including phenoxy) is 1. The molecule has 1 N–H and O–H groups in total. The van der Waals surface area contributed by atoms with E-state index >= 15 is 0 Å². The van der Waals surface area contributed by atoms with E-state index in [9.17, 15) is 13.2 Å². The third kappa shape index (κ3) is 3.72. The molecule has 1 aliphatic rings. The van der Waals surface area contributed by atoms with Gasteiger partial charge in [0.25, 0.3) is 0 Å². The third-order valence-electron chi connectivity index (χ3n) is 3.40. The number of carbonyl (C=O) groups is 1. The Morgan fingerprint density at radius 2 is 2.15 bits per heavy atom. The summed E-state index contributed by atoms with van der Waals surface area (Å²) in [4.78, 5) is 11.1. The lowest BCUT2D eigenvalue weighted by Crippen LogP contribution is -2.29. The lowest BCUT2D eigenvalue weighted by Gasteiger charge is -2.21. The fourth-order valence-electron chi connectivity index (χ4n) is 2.32. The summed E-state index contributed by atoms with van der Waals surface area (Å²) in [6.07, 6.45) is 7.28. The van der Waals surface area contributed by atoms with Crippen LogP contribution < -0.4 is 4.72 Å². The Bertz CT molecular complexity index is 561. The molecule has 0 aliphatic heterocycles. The fraction of sp³-hybridized carbons (Fsp3) is 0.667. The number of rotatable bonds is 5. The van der Waals surface area contributed by atoms with Gasteiger partial charge < -0.3 is 4.74 Å². The molecule has 1 saturated carbocycles. The maximum atomic E-state index is 12.2. The first-order chi connectivity index (χ1) is 9.51. The van der Waals surface area contributed by atoms with E-state index in [0.717, 1.165) is 19.3 Å². The Kier molecular flexibility index (Phi) is 4.64. The van der Waals surface area contributed by atoms with Gasteiger partial charge in [-0.3, -0.25) is 14.2 Å². The Labute approximate surface area is 118 Å². The van der Waals surface area contributed by atoms with Crippen LogP contribution in [0.3, 0.4) is 0 Å². The van der Waals surface area contributed by atoms with Crippen molar-refractivity contribution in [3.05, 3.63) is 12.4 Å². The zero-order valence-electron chi connectivity index (χ0n) is 11.4. The van der Waals surface area contributed by atoms with Crippen molar-refractivity contribution in [1.29, 1.82) is 0 Å². The molecule has 1 heterocycles. The Hall–Kier alpha value is -1.57. The smallest absolute Gasteiger partial charge is 0.327 e. The number of nitrogens with one attached hydrogen (secondary N) is 1. The van der Waals surface area contributed by atoms with Gasteiger partial charge in [-0.05, 0) is 12.8 Å². The van der Waals surface area contributed by atoms with Crippen LogP contribution in [0.2, 0.25) is 0 Å². The largest absolute Gasteiger partial charge is 0.468 e. The van der Waals surface area contributed by atoms with E-state index in [-0.39, 0.29) is 11.8 Å². The number of methoxy groups -OCH3 is 1. The highest BCUT2D eigenvalue weighted by Gasteiger charge is 2.27. The van der Waals surface area contributed by atoms with Crippen LogP contribution in [0.1, 0.15) is 32.1 Å². The van der Waals surface area contributed by atoms with Crippen molar-refractivity contribution >= 4 is 21.7 Å². The topological polar surface area (TPSA) is 90.3 Å². The summed E-state index contributed by atoms with van der Waals surface area (Å²) in [6, 6.07) is 0. The molecule has 0 aromatic carbocycles. The molecule has 0 bridgehead atoms. The molecule has 2 rings (SSSR count). The van der Waals surface area contributed by atoms with Gasteiger partial charge in [-0.2, -0.15) is 5.10 Å². The van der Waals surface area contributed by atoms with Crippen LogP contribution >= 0.6 is 0 Å². The van der Waals surface area contributed by atoms with E-state index in [1.165, 1.54) is 24.2 Å². The van der Waals surface area contributed by atoms with Gasteiger partial charge in [-0.25, -0.2) is 8.42 Å². The van der Waals surface area contributed by atoms with E-state index < -0.39 is 16.0 Å². The van der Waals surface area contributed by atoms with Gasteiger partial charge in [0.15, 0.2) is 0 Å². The van der Waals surface area contributed by atoms with Crippen LogP contribution in [-0.4, -0.2) is 36.5 Å². The standard InChI is InChI=1S/C12H19N3O4S/c1-19-12(16)9-15-8-10(7-13-15)14-20(17,18)11-5-3-2-4-6-11/h7-8,11,14H,2-6,9H2,1H3. The van der Waals surface area contributed by atoms with E-state index in [4.69, 9.17) is 0 Å². The molecule has 0 unspecified atom stereocenters. The number of hydrogen-bond acceptors (Lipinski definition) is 5. The van der Waals surface area contributed by atoms with Crippen LogP contribution in [0.15, 0.2) is 12.4 Å². The summed E-state index contributed by atoms with van der Waals surface area (Å²) >= 11 is 0. The highest BCUT2D eigenvalue weighted by molar-refractivity contribution is 7.93. The molecule has 1 aromatic heterocycles. The third-order valence-corrected chi connectivity index (χ3v) is 5.27. The maximum Gasteiger partial charge on any atom is 0.327 e. The summed E-state index contributed by atoms with van der Waals surface area (Å²) in [7, 11) is -2.09. The summed E-state index contributed by atoms with van der Waals surface area (Å²) in [5.41, 5.74) is 0.375. The lowest BCUT2D eigenvalue weighted by atomic mass is 10.0. The van der Waals surface area contributed by atoms with E-state index in [1.54, 1.807) is 0 Å². The Morgan fingerprint density at radius 1 is 1.45 bits per heavy atom. The van der Waals surface area contributed by atoms with Gasteiger partial charge >= 0.3 is 5.97 Å². The summed E-state index contributed by atoms with van der Waals surface area (Å²) in [6.45, 7) is -0.0400. The van der Waals surface area contributed by atoms with Gasteiger partial charge in [0.1, 0.15) is 6.54 Å². The van der Waals surface area contributed by atoms with Gasteiger partial charge in [0, 0.05) is 6.20 Å². The molecule has 1 aliphatic carbocycles. The van der Waals surface area contributed by atoms with Crippen LogP contribution in [0.4, 0.5) is 5.69 Å². The zero-order valence-corrected chi connectivity index (χ0v) is 12.2. The average molecular weight is 301 g/mol. The van der Waals surface area contributed by atoms with Crippen molar-refractivity contribution in [2.45, 2.75) is 43.9 Å². The van der Waals surface area contributed by atoms with Gasteiger partial charge in [-0.15, -0.1) is 0 Å². The molecule has 8 heteroatoms. The minimum absolute atomic E-state index is 0.0400. The summed E-state index contributed by atoms with van der Waals surface area (Å²) in [5.74, 6) is -0.435. The first-order valence-electron chi connectivity index (χ1n) is 6.62. The molecule has 0 spiro atoms. The molecule has 1 fully saturated rings. The monoisotopic (exact) mass is 301 g/mol. The molecule has 7 nitrogen and oxygen atoms in total. The van der Waals surface area contributed by atoms with E-state index in [2.05, 4.69) is 14.6 Å². The normalized spacial score (nSPS) is 16.9. The van der Waals surface area contributed by atoms with Gasteiger partial charge in [0.05, 0.1) is 24.2 Å². The van der Waals surface area contributed by atoms with Crippen molar-refractivity contribution in [2.75, 3.05) is 11.8 Å². The number of aromatic nitrogens is 2. The summed E-state index contributed by atoms with van der Waals surface area (Å²) in [5, 5.41) is 3.59. The number of carbonyl (C=O) groups excluding carboxylic acids is 1. The first-order valence-corrected chi connectivity index (χ1v) is 8.17. The van der Waals surface area contributed by atoms with E-state index in [0.29, 0.717) is 18.5 Å². The Balaban J connectivity index is 2.00. The van der Waals surface area contributed by atoms with Crippen molar-refractivity contribution in [2.24, 2.45) is 0 Å². The SMILES string of the molecule is COC(=O)Cn1cc(NS(=O)(=O)C2CCCCC2)cn1. The second-order valence-corrected chi connectivity index (χ2v) is 6.87. The number of anilines is 1. The zero-order chi connectivity index (χ0) is 14.6. The minimum Gasteiger partial charge on any atom is -0.468 e. The molecule has 1 aromatic rings. The van der Waals surface area contributed by atoms with Crippen molar-refractivity contribution in [1.82, 2.24) is 9.78 Å². The first kappa shape index (κ1) is 14.8. The highest BCUT2D eigenvalue weighted by atomic mass is 32.2. The van der Waals surface area contributed by atoms with Crippen molar-refractivity contribution < 1.29 is 17.9 Å². The van der Waals surface area contributed by atoms with Crippen molar-refractivity contribution in [3.63, 3.8) is 0 Å². The minimum atomic E-state index is -3.38. The van der Waals surface area contributed by atoms with Crippen LogP contribution in [-0.2, 0) is 26.1 Å². The molecule has 0 amide bonds. The van der Waals surface area contributed by atoms with Crippen LogP contribution in [0.5, 0.6) is 0 Å². The molecule has 112 valence electrons. The van der Waals surface area contributed by atoms with Gasteiger partial charge in [0.2, 0.25) is 10.0 Å². The number of nitrogens with zero attached hydrogens (tertiary/aromatic N) is 2.